The summed E-state index contributed by atoms with van der Waals surface area (Å²) in [5.74, 6) is -4.86. The second kappa shape index (κ2) is 33.1. The highest BCUT2D eigenvalue weighted by atomic mass is 32.3. The van der Waals surface area contributed by atoms with Gasteiger partial charge in [0.25, 0.3) is 0 Å². The molecule has 576 valence electrons. The number of carboxylic acid groups (broad SMARTS) is 2. The molecule has 0 amide bonds. The normalized spacial score (nSPS) is 36.9. The van der Waals surface area contributed by atoms with E-state index in [2.05, 4.69) is 37.6 Å². The number of rotatable bonds is 35. The molecule has 5 fully saturated rings. The molecule has 5 rings (SSSR count). The lowest BCUT2D eigenvalue weighted by Gasteiger charge is -2.50. The van der Waals surface area contributed by atoms with Crippen molar-refractivity contribution in [2.75, 3.05) is 48.3 Å². The summed E-state index contributed by atoms with van der Waals surface area (Å²) in [4.78, 5) is 26.5. The van der Waals surface area contributed by atoms with Crippen molar-refractivity contribution < 1.29 is 241 Å². The van der Waals surface area contributed by atoms with Gasteiger partial charge in [0.2, 0.25) is 0 Å². The summed E-state index contributed by atoms with van der Waals surface area (Å²) in [5.41, 5.74) is 6.29. The van der Waals surface area contributed by atoms with E-state index in [-0.39, 0.29) is 0 Å². The number of aliphatic hydroxyl groups is 1. The molecule has 0 saturated carbocycles. The largest absolute Gasteiger partial charge is 0.479 e. The van der Waals surface area contributed by atoms with Gasteiger partial charge in [0.1, 0.15) is 79.4 Å². The molecular formula is C34H57NO54S9. The number of carboxylic acids is 2. The summed E-state index contributed by atoms with van der Waals surface area (Å²) in [6, 6.07) is -1.75. The molecule has 5 aliphatic heterocycles. The van der Waals surface area contributed by atoms with Crippen molar-refractivity contribution in [1.82, 2.24) is 0 Å². The second-order valence-electron chi connectivity index (χ2n) is 19.5. The maximum atomic E-state index is 13.3. The van der Waals surface area contributed by atoms with E-state index in [1.807, 2.05) is 0 Å². The molecule has 98 heavy (non-hydrogen) atoms. The van der Waals surface area contributed by atoms with Crippen LogP contribution in [0.5, 0.6) is 0 Å². The fourth-order valence-electron chi connectivity index (χ4n) is 9.86. The number of carbonyl (C=O) groups is 2. The predicted molar refractivity (Wildman–Crippen MR) is 282 cm³/mol. The van der Waals surface area contributed by atoms with Crippen LogP contribution >= 0.6 is 0 Å². The monoisotopic (exact) mass is 1630 g/mol. The van der Waals surface area contributed by atoms with Gasteiger partial charge in [0.05, 0.1) is 25.9 Å². The van der Waals surface area contributed by atoms with Gasteiger partial charge in [-0.2, -0.15) is 75.8 Å². The molecule has 5 aliphatic rings. The summed E-state index contributed by atoms with van der Waals surface area (Å²) in [6.07, 6.45) is -68.9. The maximum Gasteiger partial charge on any atom is 0.397 e. The zero-order valence-electron chi connectivity index (χ0n) is 48.3. The number of aliphatic carboxylic acids is 2. The van der Waals surface area contributed by atoms with Gasteiger partial charge < -0.3 is 82.6 Å². The van der Waals surface area contributed by atoms with Crippen molar-refractivity contribution in [3.8, 4) is 0 Å². The third kappa shape index (κ3) is 25.2. The maximum absolute atomic E-state index is 13.3. The third-order valence-corrected chi connectivity index (χ3v) is 17.3. The molecule has 0 aromatic rings. The van der Waals surface area contributed by atoms with Crippen molar-refractivity contribution >= 4 is 106 Å². The van der Waals surface area contributed by atoms with Crippen LogP contribution in [0.4, 0.5) is 0 Å². The highest BCUT2D eigenvalue weighted by Crippen LogP contribution is 2.41. The number of ether oxygens (including phenoxy) is 13. The average Bonchev–Trinajstić information content (AvgIpc) is 0.758. The zero-order valence-corrected chi connectivity index (χ0v) is 55.7. The minimum atomic E-state index is -6.47. The highest BCUT2D eigenvalue weighted by molar-refractivity contribution is 7.82. The van der Waals surface area contributed by atoms with E-state index in [0.29, 0.717) is 14.2 Å². The van der Waals surface area contributed by atoms with E-state index in [1.165, 1.54) is 0 Å². The smallest absolute Gasteiger partial charge is 0.397 e. The van der Waals surface area contributed by atoms with Gasteiger partial charge in [-0.05, 0) is 0 Å². The first-order valence-corrected chi connectivity index (χ1v) is 37.4. The molecule has 0 aromatic carbocycles. The Morgan fingerprint density at radius 1 is 0.316 bits per heavy atom. The van der Waals surface area contributed by atoms with Crippen LogP contribution in [0.25, 0.3) is 0 Å². The Morgan fingerprint density at radius 2 is 0.571 bits per heavy atom. The Hall–Kier alpha value is -2.83. The van der Waals surface area contributed by atoms with Crippen LogP contribution < -0.4 is 5.73 Å². The quantitative estimate of drug-likeness (QED) is 0.0262. The SMILES string of the molecule is CO[C@@H]1[C@@H](OS(=O)(=O)O)[C@H](O[C@H]2[C@H](OS(=O)(=O)O)[C@@H](OS(=O)(=O)O)[C@@H](O[C@H]3[C@H](OC)[C@@H](OS(=O)(=O)O)[C@H](O[C@H]4[C@H](OS(=O)(=O)O)[C@@H](OS(=O)(=O)O)[C@@H](O)O[C@@H]4COS(=O)(=O)O)O[C@H]3C(=O)O)O[C@@H]2COS(=O)(=O)O)O[C@H](C(=O)O)[C@H]1O[C@H]1O[C@H](COS(=O)(=O)O)[C@@H](OC)[C@H](OC)[C@H]1N. The van der Waals surface area contributed by atoms with E-state index in [0.717, 1.165) is 14.2 Å². The number of methoxy groups -OCH3 is 4. The lowest BCUT2D eigenvalue weighted by molar-refractivity contribution is -0.381. The van der Waals surface area contributed by atoms with Crippen LogP contribution in [0.1, 0.15) is 0 Å². The fraction of sp³-hybridized carbons (Fsp3) is 0.941. The van der Waals surface area contributed by atoms with Crippen LogP contribution in [-0.4, -0.2) is 346 Å². The van der Waals surface area contributed by atoms with Gasteiger partial charge >= 0.3 is 106 Å². The van der Waals surface area contributed by atoms with Crippen LogP contribution in [-0.2, 0) is 202 Å². The summed E-state index contributed by atoms with van der Waals surface area (Å²) in [7, 11) is -51.6. The molecule has 0 bridgehead atoms. The Balaban J connectivity index is 1.71. The molecule has 0 aliphatic carbocycles. The highest BCUT2D eigenvalue weighted by Gasteiger charge is 2.63. The first kappa shape index (κ1) is 85.8. The van der Waals surface area contributed by atoms with Crippen molar-refractivity contribution in [2.24, 2.45) is 5.73 Å². The van der Waals surface area contributed by atoms with Crippen molar-refractivity contribution in [3.63, 3.8) is 0 Å². The fourth-order valence-corrected chi connectivity index (χ4v) is 13.7. The molecule has 0 spiro atoms. The number of hydrogen-bond acceptors (Lipinski definition) is 44. The standard InChI is InChI=1S/C34H57NO54S9/c1-68-12-8(5-72-90(41,42)43)76-31(11(35)15(12)69-2)80-18-16(70-3)25(87-96(59,60)61)34(82-22(18)28(36)37)79-14-10(7-74-92(47,48)49)77-32(27(89-98(65,66)67)21(14)85-94(53,54)55)81-19-17(71-4)26(88-97(62,63)64)33(83-23(19)29(38)39)78-13-9(6-73-91(44,45)46)75-30(40)24(86-95(56,57)58)20(13)84-93(50,51)52/h8-27,30-34,40H,5-7,35H2,1-4H3,(H,36,37)(H,38,39)(H,41,42,43)(H,44,45,46)(H,47,48,49)(H,50,51,52)(H,53,54,55)(H,56,57,58)(H,59,60,61)(H,62,63,64)(H,65,66,67)/t8-,9-,10-,11-,12-,13-,14-,15-,16+,17+,18+,19+,20+,21+,22+,23-,24-,25-,26-,27-,30+,31-,32-,33-,34-/m1/s1. The van der Waals surface area contributed by atoms with Gasteiger partial charge in [-0.3, -0.25) is 41.0 Å². The average molecular weight is 1630 g/mol. The molecule has 14 N–H and O–H groups in total. The minimum absolute atomic E-state index is 0.377. The summed E-state index contributed by atoms with van der Waals surface area (Å²) in [6.45, 7) is -5.08. The van der Waals surface area contributed by atoms with Gasteiger partial charge in [-0.15, -0.1) is 0 Å². The van der Waals surface area contributed by atoms with E-state index in [1.54, 1.807) is 0 Å². The Bertz CT molecular complexity index is 3820. The first-order chi connectivity index (χ1) is 44.5. The van der Waals surface area contributed by atoms with E-state index in [4.69, 9.17) is 67.3 Å². The Kier molecular flexibility index (Phi) is 29.0. The van der Waals surface area contributed by atoms with Gasteiger partial charge in [0.15, 0.2) is 68.1 Å². The molecule has 0 radical (unpaired) electrons. The summed E-state index contributed by atoms with van der Waals surface area (Å²) in [5, 5.41) is 31.9. The Labute approximate surface area is 551 Å². The number of nitrogens with two attached hydrogens (primary N) is 1. The van der Waals surface area contributed by atoms with Crippen LogP contribution in [0.15, 0.2) is 0 Å². The van der Waals surface area contributed by atoms with Crippen LogP contribution in [0, 0.1) is 0 Å². The van der Waals surface area contributed by atoms with E-state index >= 15 is 0 Å². The molecule has 55 nitrogen and oxygen atoms in total. The van der Waals surface area contributed by atoms with Crippen molar-refractivity contribution in [3.05, 3.63) is 0 Å². The predicted octanol–water partition coefficient (Wildman–Crippen LogP) is -10.7. The molecule has 0 unspecified atom stereocenters. The summed E-state index contributed by atoms with van der Waals surface area (Å²) < 4.78 is 418. The van der Waals surface area contributed by atoms with Gasteiger partial charge in [-0.25, -0.2) is 47.2 Å². The molecule has 5 saturated heterocycles. The Morgan fingerprint density at radius 3 is 0.888 bits per heavy atom. The van der Waals surface area contributed by atoms with E-state index < -0.39 is 279 Å². The topological polar surface area (TPSA) is 813 Å². The first-order valence-electron chi connectivity index (χ1n) is 25.2. The van der Waals surface area contributed by atoms with Crippen molar-refractivity contribution in [2.45, 2.75) is 153 Å². The van der Waals surface area contributed by atoms with Crippen molar-refractivity contribution in [1.29, 1.82) is 0 Å². The lowest BCUT2D eigenvalue weighted by atomic mass is 9.94. The van der Waals surface area contributed by atoms with E-state index in [9.17, 15) is 142 Å². The zero-order chi connectivity index (χ0) is 74.8. The minimum Gasteiger partial charge on any atom is -0.479 e. The second-order valence-corrected chi connectivity index (χ2v) is 29.1. The molecule has 0 aromatic heterocycles. The van der Waals surface area contributed by atoms with Gasteiger partial charge in [0, 0.05) is 28.4 Å². The third-order valence-electron chi connectivity index (χ3n) is 13.2. The van der Waals surface area contributed by atoms with Gasteiger partial charge in [-0.1, -0.05) is 0 Å². The lowest BCUT2D eigenvalue weighted by Crippen LogP contribution is -2.70. The molecule has 5 heterocycles. The van der Waals surface area contributed by atoms with Crippen LogP contribution in [0.2, 0.25) is 0 Å². The number of aliphatic hydroxyl groups excluding tert-OH is 1. The number of hydrogen-bond donors (Lipinski definition) is 13. The van der Waals surface area contributed by atoms with Crippen LogP contribution in [0.3, 0.4) is 0 Å². The molecule has 25 atom stereocenters. The molecular weight excluding hydrogens is 1570 g/mol. The summed E-state index contributed by atoms with van der Waals surface area (Å²) >= 11 is 0. The molecule has 64 heteroatoms.